The maximum atomic E-state index is 12.4. The molecule has 0 unspecified atom stereocenters. The lowest BCUT2D eigenvalue weighted by Gasteiger charge is -2.36. The molecule has 1 saturated carbocycles. The molecule has 3 heterocycles. The van der Waals surface area contributed by atoms with Crippen molar-refractivity contribution in [3.05, 3.63) is 42.4 Å². The molecule has 0 atom stereocenters. The van der Waals surface area contributed by atoms with Crippen LogP contribution < -0.4 is 10.2 Å². The Morgan fingerprint density at radius 1 is 1.00 bits per heavy atom. The Bertz CT molecular complexity index is 1100. The molecule has 174 valence electrons. The van der Waals surface area contributed by atoms with Gasteiger partial charge in [-0.15, -0.1) is 0 Å². The van der Waals surface area contributed by atoms with Gasteiger partial charge in [0.15, 0.2) is 5.65 Å². The van der Waals surface area contributed by atoms with Crippen molar-refractivity contribution in [2.24, 2.45) is 0 Å². The average molecular weight is 448 g/mol. The number of nitrogens with one attached hydrogen (secondary N) is 1. The molecule has 1 aromatic carbocycles. The minimum Gasteiger partial charge on any atom is -0.352 e. The predicted octanol–water partition coefficient (Wildman–Crippen LogP) is 4.10. The number of benzene rings is 1. The fourth-order valence-corrected chi connectivity index (χ4v) is 4.91. The number of rotatable bonds is 4. The summed E-state index contributed by atoms with van der Waals surface area (Å²) in [5, 5.41) is 8.67. The summed E-state index contributed by atoms with van der Waals surface area (Å²) >= 11 is 0. The van der Waals surface area contributed by atoms with E-state index in [9.17, 15) is 4.79 Å². The van der Waals surface area contributed by atoms with Gasteiger partial charge in [-0.25, -0.2) is 19.4 Å². The topological polar surface area (TPSA) is 79.2 Å². The zero-order valence-electron chi connectivity index (χ0n) is 19.6. The van der Waals surface area contributed by atoms with E-state index in [1.54, 1.807) is 0 Å². The van der Waals surface area contributed by atoms with E-state index in [1.807, 2.05) is 47.8 Å². The molecule has 33 heavy (non-hydrogen) atoms. The molecule has 5 rings (SSSR count). The summed E-state index contributed by atoms with van der Waals surface area (Å²) < 4.78 is 1.93. The van der Waals surface area contributed by atoms with Crippen LogP contribution >= 0.6 is 0 Å². The Morgan fingerprint density at radius 3 is 2.42 bits per heavy atom. The standard InChI is InChI=1S/C25H33N7O/c1-18(2)27-25(33)31-15-13-30(14-16-31)23-21-17-26-32(20-11-7-4-8-12-20)24(21)29-22(28-23)19-9-5-3-6-10-19/h4,7-8,11-12,17-19H,3,5-6,9-10,13-16H2,1-2H3,(H,27,33). The smallest absolute Gasteiger partial charge is 0.317 e. The summed E-state index contributed by atoms with van der Waals surface area (Å²) in [5.41, 5.74) is 1.87. The highest BCUT2D eigenvalue weighted by Gasteiger charge is 2.27. The molecular formula is C25H33N7O. The summed E-state index contributed by atoms with van der Waals surface area (Å²) in [4.78, 5) is 26.8. The number of urea groups is 1. The Hall–Kier alpha value is -3.16. The van der Waals surface area contributed by atoms with Crippen molar-refractivity contribution >= 4 is 22.9 Å². The van der Waals surface area contributed by atoms with Crippen molar-refractivity contribution < 1.29 is 4.79 Å². The van der Waals surface area contributed by atoms with Gasteiger partial charge in [0.05, 0.1) is 17.3 Å². The molecule has 0 bridgehead atoms. The van der Waals surface area contributed by atoms with Gasteiger partial charge in [-0.3, -0.25) is 0 Å². The highest BCUT2D eigenvalue weighted by molar-refractivity contribution is 5.88. The summed E-state index contributed by atoms with van der Waals surface area (Å²) in [7, 11) is 0. The molecule has 1 saturated heterocycles. The average Bonchev–Trinajstić information content (AvgIpc) is 3.28. The minimum atomic E-state index is 0.0114. The molecular weight excluding hydrogens is 414 g/mol. The van der Waals surface area contributed by atoms with Crippen molar-refractivity contribution in [3.63, 3.8) is 0 Å². The first-order valence-corrected chi connectivity index (χ1v) is 12.2. The summed E-state index contributed by atoms with van der Waals surface area (Å²) in [5.74, 6) is 2.29. The second-order valence-electron chi connectivity index (χ2n) is 9.45. The van der Waals surface area contributed by atoms with Crippen LogP contribution in [0.4, 0.5) is 10.6 Å². The second kappa shape index (κ2) is 9.37. The second-order valence-corrected chi connectivity index (χ2v) is 9.45. The van der Waals surface area contributed by atoms with E-state index in [0.29, 0.717) is 19.0 Å². The largest absolute Gasteiger partial charge is 0.352 e. The zero-order chi connectivity index (χ0) is 22.8. The monoisotopic (exact) mass is 447 g/mol. The van der Waals surface area contributed by atoms with Gasteiger partial charge in [0, 0.05) is 38.1 Å². The van der Waals surface area contributed by atoms with Crippen LogP contribution in [0.25, 0.3) is 16.7 Å². The number of piperazine rings is 1. The number of anilines is 1. The summed E-state index contributed by atoms with van der Waals surface area (Å²) in [6, 6.07) is 10.3. The van der Waals surface area contributed by atoms with E-state index in [2.05, 4.69) is 22.3 Å². The van der Waals surface area contributed by atoms with E-state index < -0.39 is 0 Å². The van der Waals surface area contributed by atoms with Crippen LogP contribution in [0.1, 0.15) is 57.7 Å². The maximum Gasteiger partial charge on any atom is 0.317 e. The van der Waals surface area contributed by atoms with Gasteiger partial charge in [0.1, 0.15) is 11.6 Å². The van der Waals surface area contributed by atoms with Crippen LogP contribution in [0.2, 0.25) is 0 Å². The van der Waals surface area contributed by atoms with Gasteiger partial charge < -0.3 is 15.1 Å². The van der Waals surface area contributed by atoms with Crippen molar-refractivity contribution in [1.82, 2.24) is 30.0 Å². The molecule has 8 heteroatoms. The van der Waals surface area contributed by atoms with E-state index in [-0.39, 0.29) is 12.1 Å². The number of carbonyl (C=O) groups is 1. The Morgan fingerprint density at radius 2 is 1.73 bits per heavy atom. The first-order chi connectivity index (χ1) is 16.1. The molecule has 1 N–H and O–H groups in total. The number of hydrogen-bond acceptors (Lipinski definition) is 5. The van der Waals surface area contributed by atoms with Gasteiger partial charge in [-0.1, -0.05) is 37.5 Å². The quantitative estimate of drug-likeness (QED) is 0.651. The highest BCUT2D eigenvalue weighted by atomic mass is 16.2. The number of carbonyl (C=O) groups excluding carboxylic acids is 1. The number of hydrogen-bond donors (Lipinski definition) is 1. The lowest BCUT2D eigenvalue weighted by atomic mass is 9.88. The van der Waals surface area contributed by atoms with Gasteiger partial charge >= 0.3 is 6.03 Å². The van der Waals surface area contributed by atoms with E-state index in [1.165, 1.54) is 19.3 Å². The number of nitrogens with zero attached hydrogens (tertiary/aromatic N) is 6. The van der Waals surface area contributed by atoms with E-state index in [0.717, 1.165) is 54.3 Å². The molecule has 2 amide bonds. The van der Waals surface area contributed by atoms with Crippen LogP contribution in [0.15, 0.2) is 36.5 Å². The molecule has 2 aliphatic rings. The predicted molar refractivity (Wildman–Crippen MR) is 130 cm³/mol. The molecule has 2 aromatic heterocycles. The molecule has 1 aliphatic heterocycles. The fraction of sp³-hybridized carbons (Fsp3) is 0.520. The Labute approximate surface area is 195 Å². The van der Waals surface area contributed by atoms with Gasteiger partial charge in [-0.05, 0) is 38.8 Å². The molecule has 0 radical (unpaired) electrons. The number of fused-ring (bicyclic) bond motifs is 1. The highest BCUT2D eigenvalue weighted by Crippen LogP contribution is 2.34. The zero-order valence-corrected chi connectivity index (χ0v) is 19.6. The number of para-hydroxylation sites is 1. The summed E-state index contributed by atoms with van der Waals surface area (Å²) in [6.45, 7) is 6.83. The van der Waals surface area contributed by atoms with Crippen LogP contribution in [0.5, 0.6) is 0 Å². The van der Waals surface area contributed by atoms with Crippen LogP contribution in [0, 0.1) is 0 Å². The first-order valence-electron chi connectivity index (χ1n) is 12.2. The molecule has 8 nitrogen and oxygen atoms in total. The van der Waals surface area contributed by atoms with Crippen molar-refractivity contribution in [3.8, 4) is 5.69 Å². The van der Waals surface area contributed by atoms with Gasteiger partial charge in [-0.2, -0.15) is 5.10 Å². The van der Waals surface area contributed by atoms with Crippen LogP contribution in [-0.2, 0) is 0 Å². The Balaban J connectivity index is 1.49. The van der Waals surface area contributed by atoms with Gasteiger partial charge in [0.2, 0.25) is 0 Å². The van der Waals surface area contributed by atoms with Crippen molar-refractivity contribution in [1.29, 1.82) is 0 Å². The molecule has 2 fully saturated rings. The SMILES string of the molecule is CC(C)NC(=O)N1CCN(c2nc(C3CCCCC3)nc3c2cnn3-c2ccccc2)CC1. The van der Waals surface area contributed by atoms with Crippen LogP contribution in [0.3, 0.4) is 0 Å². The number of amides is 2. The van der Waals surface area contributed by atoms with Crippen LogP contribution in [-0.4, -0.2) is 62.9 Å². The molecule has 1 aliphatic carbocycles. The molecule has 0 spiro atoms. The van der Waals surface area contributed by atoms with E-state index >= 15 is 0 Å². The van der Waals surface area contributed by atoms with E-state index in [4.69, 9.17) is 15.1 Å². The van der Waals surface area contributed by atoms with Gasteiger partial charge in [0.25, 0.3) is 0 Å². The lowest BCUT2D eigenvalue weighted by Crippen LogP contribution is -2.53. The third-order valence-corrected chi connectivity index (χ3v) is 6.68. The fourth-order valence-electron chi connectivity index (χ4n) is 4.91. The maximum absolute atomic E-state index is 12.4. The number of aromatic nitrogens is 4. The Kier molecular flexibility index (Phi) is 6.15. The third kappa shape index (κ3) is 4.51. The van der Waals surface area contributed by atoms with Crippen molar-refractivity contribution in [2.45, 2.75) is 57.9 Å². The summed E-state index contributed by atoms with van der Waals surface area (Å²) in [6.07, 6.45) is 7.96. The third-order valence-electron chi connectivity index (χ3n) is 6.68. The minimum absolute atomic E-state index is 0.0114. The normalized spacial score (nSPS) is 17.7. The van der Waals surface area contributed by atoms with Crippen molar-refractivity contribution in [2.75, 3.05) is 31.1 Å². The lowest BCUT2D eigenvalue weighted by molar-refractivity contribution is 0.191. The molecule has 3 aromatic rings. The first kappa shape index (κ1) is 21.7.